The minimum Gasteiger partial charge on any atom is -0.368 e. The second-order valence-corrected chi connectivity index (χ2v) is 7.43. The van der Waals surface area contributed by atoms with Crippen LogP contribution in [-0.2, 0) is 4.79 Å². The lowest BCUT2D eigenvalue weighted by atomic mass is 10.1. The quantitative estimate of drug-likeness (QED) is 0.775. The standard InChI is InChI=1S/C20H23FN2OS/c1-15-3-8-19(13-16(15)2)25-14-20(24)23-11-9-22(10-12-23)18-6-4-17(21)5-7-18/h3-8,13H,9-12,14H2,1-2H3. The molecule has 1 saturated heterocycles. The predicted molar refractivity (Wildman–Crippen MR) is 102 cm³/mol. The van der Waals surface area contributed by atoms with E-state index in [-0.39, 0.29) is 11.7 Å². The molecule has 25 heavy (non-hydrogen) atoms. The molecule has 132 valence electrons. The molecular weight excluding hydrogens is 335 g/mol. The van der Waals surface area contributed by atoms with Crippen molar-refractivity contribution in [2.45, 2.75) is 18.7 Å². The summed E-state index contributed by atoms with van der Waals surface area (Å²) in [5.41, 5.74) is 3.54. The number of aryl methyl sites for hydroxylation is 2. The first-order valence-electron chi connectivity index (χ1n) is 8.51. The molecule has 1 fully saturated rings. The number of benzene rings is 2. The van der Waals surface area contributed by atoms with Gasteiger partial charge in [-0.3, -0.25) is 4.79 Å². The number of rotatable bonds is 4. The van der Waals surface area contributed by atoms with Gasteiger partial charge in [0.05, 0.1) is 5.75 Å². The summed E-state index contributed by atoms with van der Waals surface area (Å²) in [7, 11) is 0. The maximum absolute atomic E-state index is 13.0. The Hall–Kier alpha value is -2.01. The minimum atomic E-state index is -0.221. The molecule has 0 aromatic heterocycles. The van der Waals surface area contributed by atoms with Crippen molar-refractivity contribution in [1.82, 2.24) is 4.90 Å². The van der Waals surface area contributed by atoms with Crippen LogP contribution in [0.15, 0.2) is 47.4 Å². The first-order chi connectivity index (χ1) is 12.0. The second kappa shape index (κ2) is 7.91. The zero-order chi connectivity index (χ0) is 17.8. The molecule has 2 aromatic carbocycles. The molecule has 1 heterocycles. The zero-order valence-corrected chi connectivity index (χ0v) is 15.5. The Morgan fingerprint density at radius 1 is 1.00 bits per heavy atom. The van der Waals surface area contributed by atoms with Crippen molar-refractivity contribution in [3.63, 3.8) is 0 Å². The average molecular weight is 358 g/mol. The van der Waals surface area contributed by atoms with E-state index >= 15 is 0 Å². The lowest BCUT2D eigenvalue weighted by molar-refractivity contribution is -0.128. The summed E-state index contributed by atoms with van der Waals surface area (Å²) >= 11 is 1.60. The van der Waals surface area contributed by atoms with Gasteiger partial charge in [-0.25, -0.2) is 4.39 Å². The Balaban J connectivity index is 1.49. The number of hydrogen-bond donors (Lipinski definition) is 0. The van der Waals surface area contributed by atoms with Crippen LogP contribution in [0.5, 0.6) is 0 Å². The SMILES string of the molecule is Cc1ccc(SCC(=O)N2CCN(c3ccc(F)cc3)CC2)cc1C. The van der Waals surface area contributed by atoms with Crippen LogP contribution in [0.3, 0.4) is 0 Å². The lowest BCUT2D eigenvalue weighted by Gasteiger charge is -2.36. The molecule has 0 spiro atoms. The van der Waals surface area contributed by atoms with Crippen LogP contribution in [0.4, 0.5) is 10.1 Å². The number of carbonyl (C=O) groups excluding carboxylic acids is 1. The molecule has 0 atom stereocenters. The summed E-state index contributed by atoms with van der Waals surface area (Å²) in [6, 6.07) is 12.9. The lowest BCUT2D eigenvalue weighted by Crippen LogP contribution is -2.49. The van der Waals surface area contributed by atoms with Gasteiger partial charge < -0.3 is 9.80 Å². The molecular formula is C20H23FN2OS. The van der Waals surface area contributed by atoms with E-state index in [1.807, 2.05) is 4.90 Å². The van der Waals surface area contributed by atoms with Crippen LogP contribution in [-0.4, -0.2) is 42.7 Å². The molecule has 1 aliphatic heterocycles. The van der Waals surface area contributed by atoms with Crippen molar-refractivity contribution < 1.29 is 9.18 Å². The molecule has 0 radical (unpaired) electrons. The van der Waals surface area contributed by atoms with Crippen LogP contribution in [0.1, 0.15) is 11.1 Å². The Labute approximate surface area is 152 Å². The normalized spacial score (nSPS) is 14.7. The maximum atomic E-state index is 13.0. The van der Waals surface area contributed by atoms with Crippen LogP contribution in [0.25, 0.3) is 0 Å². The molecule has 0 unspecified atom stereocenters. The van der Waals surface area contributed by atoms with E-state index in [0.29, 0.717) is 18.8 Å². The number of thioether (sulfide) groups is 1. The van der Waals surface area contributed by atoms with Gasteiger partial charge in [0.15, 0.2) is 0 Å². The Morgan fingerprint density at radius 2 is 1.68 bits per heavy atom. The number of carbonyl (C=O) groups is 1. The molecule has 0 N–H and O–H groups in total. The molecule has 1 aliphatic rings. The van der Waals surface area contributed by atoms with Crippen LogP contribution < -0.4 is 4.90 Å². The number of piperazine rings is 1. The van der Waals surface area contributed by atoms with Gasteiger partial charge >= 0.3 is 0 Å². The van der Waals surface area contributed by atoms with Crippen LogP contribution >= 0.6 is 11.8 Å². The topological polar surface area (TPSA) is 23.6 Å². The molecule has 3 rings (SSSR count). The smallest absolute Gasteiger partial charge is 0.233 e. The van der Waals surface area contributed by atoms with E-state index in [0.717, 1.165) is 23.7 Å². The number of anilines is 1. The molecule has 0 saturated carbocycles. The molecule has 2 aromatic rings. The minimum absolute atomic E-state index is 0.182. The molecule has 3 nitrogen and oxygen atoms in total. The van der Waals surface area contributed by atoms with Crippen molar-refractivity contribution in [3.8, 4) is 0 Å². The molecule has 0 aliphatic carbocycles. The van der Waals surface area contributed by atoms with Crippen molar-refractivity contribution in [1.29, 1.82) is 0 Å². The van der Waals surface area contributed by atoms with Gasteiger partial charge in [0, 0.05) is 36.8 Å². The number of hydrogen-bond acceptors (Lipinski definition) is 3. The summed E-state index contributed by atoms with van der Waals surface area (Å²) in [5.74, 6) is 0.432. The molecule has 0 bridgehead atoms. The highest BCUT2D eigenvalue weighted by Gasteiger charge is 2.21. The fourth-order valence-electron chi connectivity index (χ4n) is 2.91. The summed E-state index contributed by atoms with van der Waals surface area (Å²) in [4.78, 5) is 17.7. The first kappa shape index (κ1) is 17.8. The Morgan fingerprint density at radius 3 is 2.32 bits per heavy atom. The number of nitrogens with zero attached hydrogens (tertiary/aromatic N) is 2. The first-order valence-corrected chi connectivity index (χ1v) is 9.50. The summed E-state index contributed by atoms with van der Waals surface area (Å²) in [6.45, 7) is 7.18. The zero-order valence-electron chi connectivity index (χ0n) is 14.7. The van der Waals surface area contributed by atoms with Gasteiger partial charge in [-0.15, -0.1) is 11.8 Å². The summed E-state index contributed by atoms with van der Waals surface area (Å²) < 4.78 is 13.0. The van der Waals surface area contributed by atoms with Gasteiger partial charge in [-0.05, 0) is 61.4 Å². The van der Waals surface area contributed by atoms with Gasteiger partial charge in [0.2, 0.25) is 5.91 Å². The van der Waals surface area contributed by atoms with Crippen molar-refractivity contribution in [3.05, 3.63) is 59.4 Å². The highest BCUT2D eigenvalue weighted by atomic mass is 32.2. The van der Waals surface area contributed by atoms with Crippen LogP contribution in [0, 0.1) is 19.7 Å². The fraction of sp³-hybridized carbons (Fsp3) is 0.350. The Kier molecular flexibility index (Phi) is 5.63. The third-order valence-electron chi connectivity index (χ3n) is 4.66. The van der Waals surface area contributed by atoms with Gasteiger partial charge in [0.25, 0.3) is 0 Å². The highest BCUT2D eigenvalue weighted by Crippen LogP contribution is 2.22. The third kappa shape index (κ3) is 4.54. The monoisotopic (exact) mass is 358 g/mol. The van der Waals surface area contributed by atoms with Crippen molar-refractivity contribution in [2.24, 2.45) is 0 Å². The predicted octanol–water partition coefficient (Wildman–Crippen LogP) is 3.88. The van der Waals surface area contributed by atoms with E-state index in [1.54, 1.807) is 23.9 Å². The van der Waals surface area contributed by atoms with E-state index < -0.39 is 0 Å². The maximum Gasteiger partial charge on any atom is 0.233 e. The average Bonchev–Trinajstić information content (AvgIpc) is 2.63. The van der Waals surface area contributed by atoms with Crippen LogP contribution in [0.2, 0.25) is 0 Å². The second-order valence-electron chi connectivity index (χ2n) is 6.38. The largest absolute Gasteiger partial charge is 0.368 e. The summed E-state index contributed by atoms with van der Waals surface area (Å²) in [6.07, 6.45) is 0. The molecule has 1 amide bonds. The van der Waals surface area contributed by atoms with Gasteiger partial charge in [-0.1, -0.05) is 6.07 Å². The number of amides is 1. The highest BCUT2D eigenvalue weighted by molar-refractivity contribution is 8.00. The van der Waals surface area contributed by atoms with E-state index in [9.17, 15) is 9.18 Å². The van der Waals surface area contributed by atoms with E-state index in [1.165, 1.54) is 23.3 Å². The van der Waals surface area contributed by atoms with Crippen molar-refractivity contribution in [2.75, 3.05) is 36.8 Å². The summed E-state index contributed by atoms with van der Waals surface area (Å²) in [5, 5.41) is 0. The van der Waals surface area contributed by atoms with Gasteiger partial charge in [0.1, 0.15) is 5.82 Å². The fourth-order valence-corrected chi connectivity index (χ4v) is 3.80. The van der Waals surface area contributed by atoms with E-state index in [2.05, 4.69) is 36.9 Å². The van der Waals surface area contributed by atoms with Crippen molar-refractivity contribution >= 4 is 23.4 Å². The van der Waals surface area contributed by atoms with Gasteiger partial charge in [-0.2, -0.15) is 0 Å². The Bertz CT molecular complexity index is 740. The van der Waals surface area contributed by atoms with E-state index in [4.69, 9.17) is 0 Å². The third-order valence-corrected chi connectivity index (χ3v) is 5.64. The molecule has 5 heteroatoms. The number of halogens is 1.